The Labute approximate surface area is 189 Å². The highest BCUT2D eigenvalue weighted by molar-refractivity contribution is 5.95. The van der Waals surface area contributed by atoms with Gasteiger partial charge in [-0.2, -0.15) is 5.10 Å². The van der Waals surface area contributed by atoms with Crippen molar-refractivity contribution in [1.82, 2.24) is 20.4 Å². The molecule has 0 saturated heterocycles. The third-order valence-electron chi connectivity index (χ3n) is 6.21. The van der Waals surface area contributed by atoms with Crippen LogP contribution in [-0.2, 0) is 6.42 Å². The van der Waals surface area contributed by atoms with Crippen molar-refractivity contribution in [2.75, 3.05) is 13.1 Å². The van der Waals surface area contributed by atoms with E-state index in [9.17, 15) is 14.0 Å². The van der Waals surface area contributed by atoms with Crippen molar-refractivity contribution in [3.63, 3.8) is 0 Å². The number of H-pyrrole nitrogens is 1. The molecule has 5 rings (SSSR count). The number of aromatic nitrogens is 2. The number of aromatic amines is 1. The van der Waals surface area contributed by atoms with E-state index in [1.807, 2.05) is 12.1 Å². The zero-order chi connectivity index (χ0) is 22.9. The Balaban J connectivity index is 1.41. The van der Waals surface area contributed by atoms with Crippen LogP contribution in [0.4, 0.5) is 4.39 Å². The third-order valence-corrected chi connectivity index (χ3v) is 6.21. The fourth-order valence-electron chi connectivity index (χ4n) is 4.24. The van der Waals surface area contributed by atoms with E-state index in [1.165, 1.54) is 12.3 Å². The molecule has 1 fully saturated rings. The molecule has 0 bridgehead atoms. The fourth-order valence-corrected chi connectivity index (χ4v) is 4.24. The molecule has 0 atom stereocenters. The lowest BCUT2D eigenvalue weighted by molar-refractivity contribution is 0.0756. The number of benzene rings is 2. The first-order valence-electron chi connectivity index (χ1n) is 11.1. The maximum atomic E-state index is 14.7. The summed E-state index contributed by atoms with van der Waals surface area (Å²) in [6.45, 7) is 0.783. The van der Waals surface area contributed by atoms with E-state index in [1.54, 1.807) is 29.2 Å². The molecular formula is C25H24FN5O2. The van der Waals surface area contributed by atoms with Gasteiger partial charge in [0.05, 0.1) is 23.2 Å². The van der Waals surface area contributed by atoms with Crippen LogP contribution in [0.15, 0.2) is 58.5 Å². The molecule has 0 unspecified atom stereocenters. The average Bonchev–Trinajstić information content (AvgIpc) is 3.66. The van der Waals surface area contributed by atoms with Crippen molar-refractivity contribution in [3.8, 4) is 0 Å². The third kappa shape index (κ3) is 4.28. The predicted molar refractivity (Wildman–Crippen MR) is 124 cm³/mol. The number of nitrogens with zero attached hydrogens (tertiary/aromatic N) is 2. The monoisotopic (exact) mass is 445 g/mol. The van der Waals surface area contributed by atoms with E-state index < -0.39 is 5.82 Å². The second-order valence-electron chi connectivity index (χ2n) is 8.58. The lowest BCUT2D eigenvalue weighted by Crippen LogP contribution is -2.41. The molecule has 7 nitrogen and oxygen atoms in total. The molecule has 3 aromatic rings. The topological polar surface area (TPSA) is 102 Å². The highest BCUT2D eigenvalue weighted by Gasteiger charge is 2.29. The van der Waals surface area contributed by atoms with Gasteiger partial charge in [0.15, 0.2) is 0 Å². The summed E-state index contributed by atoms with van der Waals surface area (Å²) in [7, 11) is 0. The smallest absolute Gasteiger partial charge is 0.272 e. The summed E-state index contributed by atoms with van der Waals surface area (Å²) in [6, 6.07) is 12.1. The molecule has 1 amide bonds. The molecular weight excluding hydrogens is 421 g/mol. The maximum absolute atomic E-state index is 14.7. The number of fused-ring (bicyclic) bond motifs is 1. The molecule has 1 aromatic heterocycles. The van der Waals surface area contributed by atoms with Crippen molar-refractivity contribution in [3.05, 3.63) is 86.7 Å². The van der Waals surface area contributed by atoms with Crippen LogP contribution >= 0.6 is 0 Å². The first kappa shape index (κ1) is 21.1. The normalized spacial score (nSPS) is 16.2. The second-order valence-corrected chi connectivity index (χ2v) is 8.58. The summed E-state index contributed by atoms with van der Waals surface area (Å²) in [6.07, 6.45) is 4.44. The van der Waals surface area contributed by atoms with Gasteiger partial charge in [-0.25, -0.2) is 9.49 Å². The van der Waals surface area contributed by atoms with Gasteiger partial charge in [0.25, 0.3) is 11.5 Å². The van der Waals surface area contributed by atoms with Crippen molar-refractivity contribution < 1.29 is 9.18 Å². The lowest BCUT2D eigenvalue weighted by atomic mass is 10.0. The van der Waals surface area contributed by atoms with Crippen LogP contribution in [0, 0.1) is 11.2 Å². The van der Waals surface area contributed by atoms with E-state index in [4.69, 9.17) is 5.41 Å². The Morgan fingerprint density at radius 3 is 2.79 bits per heavy atom. The molecule has 8 heteroatoms. The van der Waals surface area contributed by atoms with Crippen LogP contribution in [0.25, 0.3) is 10.8 Å². The van der Waals surface area contributed by atoms with Gasteiger partial charge < -0.3 is 15.6 Å². The molecule has 168 valence electrons. The SMILES string of the molecule is N=CC1=C(NC2CC2)CN(C(=O)c2cc(Cc3n[nH]c(=O)c4ccccc34)ccc2F)CC1. The van der Waals surface area contributed by atoms with Crippen LogP contribution in [0.3, 0.4) is 0 Å². The van der Waals surface area contributed by atoms with E-state index in [-0.39, 0.29) is 17.0 Å². The molecule has 0 spiro atoms. The van der Waals surface area contributed by atoms with Gasteiger partial charge in [-0.15, -0.1) is 0 Å². The summed E-state index contributed by atoms with van der Waals surface area (Å²) < 4.78 is 14.7. The first-order valence-corrected chi connectivity index (χ1v) is 11.1. The summed E-state index contributed by atoms with van der Waals surface area (Å²) in [5.74, 6) is -0.936. The largest absolute Gasteiger partial charge is 0.384 e. The standard InChI is InChI=1S/C25H24FN5O2/c26-21-8-5-15(12-22-18-3-1-2-4-19(18)24(32)30-29-22)11-20(21)25(33)31-10-9-16(13-27)23(14-31)28-17-6-7-17/h1-5,8,11,13,17,27-28H,6-7,9-10,12,14H2,(H,30,32). The Kier molecular flexibility index (Phi) is 5.50. The number of hydrogen-bond donors (Lipinski definition) is 3. The van der Waals surface area contributed by atoms with Gasteiger partial charge in [0, 0.05) is 36.3 Å². The van der Waals surface area contributed by atoms with Gasteiger partial charge >= 0.3 is 0 Å². The van der Waals surface area contributed by atoms with E-state index in [0.717, 1.165) is 35.1 Å². The zero-order valence-corrected chi connectivity index (χ0v) is 18.0. The molecule has 2 heterocycles. The number of hydrogen-bond acceptors (Lipinski definition) is 5. The summed E-state index contributed by atoms with van der Waals surface area (Å²) in [5.41, 5.74) is 2.92. The molecule has 2 aliphatic rings. The summed E-state index contributed by atoms with van der Waals surface area (Å²) in [5, 5.41) is 19.0. The van der Waals surface area contributed by atoms with Crippen LogP contribution in [0.5, 0.6) is 0 Å². The minimum Gasteiger partial charge on any atom is -0.384 e. The molecule has 0 radical (unpaired) electrons. The highest BCUT2D eigenvalue weighted by atomic mass is 19.1. The Hall–Kier alpha value is -3.81. The van der Waals surface area contributed by atoms with Crippen LogP contribution in [-0.4, -0.2) is 46.4 Å². The quantitative estimate of drug-likeness (QED) is 0.507. The Morgan fingerprint density at radius 1 is 1.24 bits per heavy atom. The van der Waals surface area contributed by atoms with Crippen molar-refractivity contribution in [2.24, 2.45) is 0 Å². The van der Waals surface area contributed by atoms with Gasteiger partial charge in [0.1, 0.15) is 5.82 Å². The van der Waals surface area contributed by atoms with Crippen molar-refractivity contribution >= 4 is 22.9 Å². The molecule has 3 N–H and O–H groups in total. The predicted octanol–water partition coefficient (Wildman–Crippen LogP) is 3.15. The summed E-state index contributed by atoms with van der Waals surface area (Å²) in [4.78, 5) is 26.9. The number of rotatable bonds is 6. The Morgan fingerprint density at radius 2 is 2.03 bits per heavy atom. The van der Waals surface area contributed by atoms with Crippen LogP contribution in [0.2, 0.25) is 0 Å². The maximum Gasteiger partial charge on any atom is 0.272 e. The molecule has 2 aromatic carbocycles. The average molecular weight is 445 g/mol. The van der Waals surface area contributed by atoms with E-state index >= 15 is 0 Å². The number of nitrogens with one attached hydrogen (secondary N) is 3. The molecule has 1 saturated carbocycles. The minimum absolute atomic E-state index is 0.0188. The van der Waals surface area contributed by atoms with E-state index in [0.29, 0.717) is 43.1 Å². The zero-order valence-electron chi connectivity index (χ0n) is 18.0. The highest BCUT2D eigenvalue weighted by Crippen LogP contribution is 2.25. The lowest BCUT2D eigenvalue weighted by Gasteiger charge is -2.30. The van der Waals surface area contributed by atoms with Crippen LogP contribution in [0.1, 0.15) is 40.9 Å². The van der Waals surface area contributed by atoms with Crippen LogP contribution < -0.4 is 10.9 Å². The first-order chi connectivity index (χ1) is 16.0. The van der Waals surface area contributed by atoms with Gasteiger partial charge in [0.2, 0.25) is 0 Å². The number of carbonyl (C=O) groups excluding carboxylic acids is 1. The number of amides is 1. The summed E-state index contributed by atoms with van der Waals surface area (Å²) >= 11 is 0. The second kappa shape index (κ2) is 8.61. The van der Waals surface area contributed by atoms with Gasteiger partial charge in [-0.05, 0) is 48.6 Å². The minimum atomic E-state index is -0.568. The number of halogens is 1. The van der Waals surface area contributed by atoms with E-state index in [2.05, 4.69) is 15.5 Å². The molecule has 1 aliphatic heterocycles. The Bertz CT molecular complexity index is 1340. The molecule has 1 aliphatic carbocycles. The molecule has 33 heavy (non-hydrogen) atoms. The van der Waals surface area contributed by atoms with Gasteiger partial charge in [-0.1, -0.05) is 24.3 Å². The number of carbonyl (C=O) groups is 1. The van der Waals surface area contributed by atoms with Gasteiger partial charge in [-0.3, -0.25) is 9.59 Å². The van der Waals surface area contributed by atoms with Crippen molar-refractivity contribution in [2.45, 2.75) is 31.7 Å². The van der Waals surface area contributed by atoms with Crippen molar-refractivity contribution in [1.29, 1.82) is 5.41 Å². The fraction of sp³-hybridized carbons (Fsp3) is 0.280.